The van der Waals surface area contributed by atoms with Crippen molar-refractivity contribution < 1.29 is 24.5 Å². The van der Waals surface area contributed by atoms with E-state index >= 15 is 0 Å². The van der Waals surface area contributed by atoms with Gasteiger partial charge in [0.15, 0.2) is 0 Å². The van der Waals surface area contributed by atoms with Crippen molar-refractivity contribution in [3.8, 4) is 5.75 Å². The summed E-state index contributed by atoms with van der Waals surface area (Å²) in [5, 5.41) is 22.9. The molecule has 1 saturated heterocycles. The van der Waals surface area contributed by atoms with Gasteiger partial charge in [-0.2, -0.15) is 0 Å². The molecule has 1 aliphatic heterocycles. The zero-order valence-corrected chi connectivity index (χ0v) is 18.3. The Morgan fingerprint density at radius 1 is 1.24 bits per heavy atom. The number of likely N-dealkylation sites (tertiary alicyclic amines) is 1. The maximum atomic E-state index is 13.6. The molecule has 3 N–H and O–H groups in total. The van der Waals surface area contributed by atoms with Crippen LogP contribution in [0.5, 0.6) is 5.75 Å². The standard InChI is InChI=1S/C21H29BrN2O5/c1-29-17-6-5-14(13-16(17)22)18(21(28)9-3-2-4-10-21)19(25)24-11-7-15(8-12-24)23-20(26)27/h5-6,13,15,18,23,28H,2-4,7-12H2,1H3,(H,26,27). The summed E-state index contributed by atoms with van der Waals surface area (Å²) in [6, 6.07) is 5.40. The molecule has 1 aromatic rings. The number of aliphatic hydroxyl groups is 1. The van der Waals surface area contributed by atoms with Crippen LogP contribution in [0.15, 0.2) is 22.7 Å². The Morgan fingerprint density at radius 3 is 2.45 bits per heavy atom. The fourth-order valence-electron chi connectivity index (χ4n) is 4.60. The van der Waals surface area contributed by atoms with Crippen LogP contribution in [0.2, 0.25) is 0 Å². The number of nitrogens with one attached hydrogen (secondary N) is 1. The maximum Gasteiger partial charge on any atom is 0.404 e. The van der Waals surface area contributed by atoms with Gasteiger partial charge in [-0.3, -0.25) is 4.79 Å². The number of carbonyl (C=O) groups excluding carboxylic acids is 1. The molecule has 2 amide bonds. The summed E-state index contributed by atoms with van der Waals surface area (Å²) in [6.07, 6.45) is 4.21. The summed E-state index contributed by atoms with van der Waals surface area (Å²) < 4.78 is 6.06. The number of carboxylic acid groups (broad SMARTS) is 1. The molecule has 1 aromatic carbocycles. The number of carbonyl (C=O) groups is 2. The van der Waals surface area contributed by atoms with Gasteiger partial charge in [0.2, 0.25) is 5.91 Å². The summed E-state index contributed by atoms with van der Waals surface area (Å²) >= 11 is 3.50. The molecule has 1 heterocycles. The second-order valence-corrected chi connectivity index (χ2v) is 8.89. The zero-order chi connectivity index (χ0) is 21.0. The molecule has 0 radical (unpaired) electrons. The van der Waals surface area contributed by atoms with Gasteiger partial charge in [-0.05, 0) is 59.3 Å². The normalized spacial score (nSPS) is 20.7. The largest absolute Gasteiger partial charge is 0.496 e. The molecule has 7 nitrogen and oxygen atoms in total. The van der Waals surface area contributed by atoms with Crippen LogP contribution in [-0.2, 0) is 4.79 Å². The van der Waals surface area contributed by atoms with Gasteiger partial charge in [0.05, 0.1) is 23.1 Å². The quantitative estimate of drug-likeness (QED) is 0.613. The van der Waals surface area contributed by atoms with Crippen molar-refractivity contribution in [1.82, 2.24) is 10.2 Å². The molecule has 160 valence electrons. The van der Waals surface area contributed by atoms with E-state index in [4.69, 9.17) is 9.84 Å². The molecule has 2 aliphatic rings. The lowest BCUT2D eigenvalue weighted by molar-refractivity contribution is -0.142. The highest BCUT2D eigenvalue weighted by atomic mass is 79.9. The Balaban J connectivity index is 1.84. The van der Waals surface area contributed by atoms with Crippen molar-refractivity contribution in [1.29, 1.82) is 0 Å². The van der Waals surface area contributed by atoms with Gasteiger partial charge in [0, 0.05) is 19.1 Å². The van der Waals surface area contributed by atoms with Crippen LogP contribution in [0.3, 0.4) is 0 Å². The average Bonchev–Trinajstić information content (AvgIpc) is 2.68. The number of hydrogen-bond donors (Lipinski definition) is 3. The van der Waals surface area contributed by atoms with E-state index in [1.165, 1.54) is 0 Å². The minimum atomic E-state index is -1.07. The molecule has 0 bridgehead atoms. The fraction of sp³-hybridized carbons (Fsp3) is 0.619. The third kappa shape index (κ3) is 5.04. The molecule has 8 heteroatoms. The van der Waals surface area contributed by atoms with Crippen LogP contribution >= 0.6 is 15.9 Å². The second-order valence-electron chi connectivity index (χ2n) is 8.04. The van der Waals surface area contributed by atoms with Crippen LogP contribution in [0, 0.1) is 0 Å². The molecule has 0 aromatic heterocycles. The van der Waals surface area contributed by atoms with E-state index in [1.54, 1.807) is 12.0 Å². The van der Waals surface area contributed by atoms with E-state index < -0.39 is 17.6 Å². The number of benzene rings is 1. The second kappa shape index (κ2) is 9.34. The molecule has 2 fully saturated rings. The molecule has 1 atom stereocenters. The molecule has 0 spiro atoms. The van der Waals surface area contributed by atoms with Gasteiger partial charge >= 0.3 is 6.09 Å². The fourth-order valence-corrected chi connectivity index (χ4v) is 5.16. The van der Waals surface area contributed by atoms with E-state index in [-0.39, 0.29) is 11.9 Å². The molecule has 29 heavy (non-hydrogen) atoms. The van der Waals surface area contributed by atoms with E-state index in [2.05, 4.69) is 21.2 Å². The van der Waals surface area contributed by atoms with E-state index in [9.17, 15) is 14.7 Å². The number of nitrogens with zero attached hydrogens (tertiary/aromatic N) is 1. The van der Waals surface area contributed by atoms with Crippen molar-refractivity contribution in [2.75, 3.05) is 20.2 Å². The summed E-state index contributed by atoms with van der Waals surface area (Å²) in [5.74, 6) is -0.0506. The summed E-state index contributed by atoms with van der Waals surface area (Å²) in [6.45, 7) is 0.960. The zero-order valence-electron chi connectivity index (χ0n) is 16.7. The van der Waals surface area contributed by atoms with Crippen LogP contribution in [-0.4, -0.2) is 59.0 Å². The molecule has 1 unspecified atom stereocenters. The lowest BCUT2D eigenvalue weighted by Crippen LogP contribution is -2.52. The van der Waals surface area contributed by atoms with E-state index in [0.717, 1.165) is 29.3 Å². The third-order valence-corrected chi connectivity index (χ3v) is 6.77. The van der Waals surface area contributed by atoms with E-state index in [1.807, 2.05) is 18.2 Å². The number of amides is 2. The van der Waals surface area contributed by atoms with Gasteiger partial charge < -0.3 is 25.2 Å². The van der Waals surface area contributed by atoms with Crippen molar-refractivity contribution in [2.45, 2.75) is 62.5 Å². The summed E-state index contributed by atoms with van der Waals surface area (Å²) in [7, 11) is 1.59. The number of hydrogen-bond acceptors (Lipinski definition) is 4. The Labute approximate surface area is 179 Å². The number of halogens is 1. The molecular formula is C21H29BrN2O5. The first kappa shape index (κ1) is 21.9. The van der Waals surface area contributed by atoms with Crippen molar-refractivity contribution >= 4 is 27.9 Å². The highest BCUT2D eigenvalue weighted by Crippen LogP contribution is 2.43. The van der Waals surface area contributed by atoms with Crippen LogP contribution in [0.25, 0.3) is 0 Å². The number of piperidine rings is 1. The maximum absolute atomic E-state index is 13.6. The smallest absolute Gasteiger partial charge is 0.404 e. The molecule has 1 aliphatic carbocycles. The average molecular weight is 469 g/mol. The van der Waals surface area contributed by atoms with Gasteiger partial charge in [0.25, 0.3) is 0 Å². The summed E-state index contributed by atoms with van der Waals surface area (Å²) in [4.78, 5) is 26.2. The van der Waals surface area contributed by atoms with Gasteiger partial charge in [-0.15, -0.1) is 0 Å². The molecule has 1 saturated carbocycles. The van der Waals surface area contributed by atoms with Gasteiger partial charge in [-0.1, -0.05) is 25.3 Å². The molecular weight excluding hydrogens is 440 g/mol. The Morgan fingerprint density at radius 2 is 1.90 bits per heavy atom. The van der Waals surface area contributed by atoms with Crippen molar-refractivity contribution in [3.05, 3.63) is 28.2 Å². The lowest BCUT2D eigenvalue weighted by Gasteiger charge is -2.42. The Hall–Kier alpha value is -1.80. The number of ether oxygens (including phenoxy) is 1. The highest BCUT2D eigenvalue weighted by molar-refractivity contribution is 9.10. The van der Waals surface area contributed by atoms with E-state index in [0.29, 0.717) is 44.5 Å². The van der Waals surface area contributed by atoms with Crippen molar-refractivity contribution in [2.24, 2.45) is 0 Å². The first-order valence-electron chi connectivity index (χ1n) is 10.2. The molecule has 3 rings (SSSR count). The monoisotopic (exact) mass is 468 g/mol. The first-order chi connectivity index (χ1) is 13.8. The highest BCUT2D eigenvalue weighted by Gasteiger charge is 2.45. The topological polar surface area (TPSA) is 99.1 Å². The van der Waals surface area contributed by atoms with Gasteiger partial charge in [-0.25, -0.2) is 4.79 Å². The van der Waals surface area contributed by atoms with Crippen LogP contribution in [0.1, 0.15) is 56.4 Å². The first-order valence-corrected chi connectivity index (χ1v) is 11.0. The Bertz CT molecular complexity index is 743. The van der Waals surface area contributed by atoms with Gasteiger partial charge in [0.1, 0.15) is 5.75 Å². The van der Waals surface area contributed by atoms with Crippen LogP contribution < -0.4 is 10.1 Å². The predicted molar refractivity (Wildman–Crippen MR) is 112 cm³/mol. The third-order valence-electron chi connectivity index (χ3n) is 6.15. The summed E-state index contributed by atoms with van der Waals surface area (Å²) in [5.41, 5.74) is -0.294. The number of methoxy groups -OCH3 is 1. The van der Waals surface area contributed by atoms with Crippen LogP contribution in [0.4, 0.5) is 4.79 Å². The minimum absolute atomic E-state index is 0.0831. The lowest BCUT2D eigenvalue weighted by atomic mass is 9.72. The Kier molecular flexibility index (Phi) is 7.05. The number of rotatable bonds is 5. The predicted octanol–water partition coefficient (Wildman–Crippen LogP) is 3.50. The van der Waals surface area contributed by atoms with Crippen molar-refractivity contribution in [3.63, 3.8) is 0 Å². The SMILES string of the molecule is COc1ccc(C(C(=O)N2CCC(NC(=O)O)CC2)C2(O)CCCCC2)cc1Br. The minimum Gasteiger partial charge on any atom is -0.496 e.